The van der Waals surface area contributed by atoms with Crippen LogP contribution in [0.4, 0.5) is 0 Å². The molecule has 1 heterocycles. The molecule has 0 aliphatic carbocycles. The summed E-state index contributed by atoms with van der Waals surface area (Å²) in [7, 11) is 0. The van der Waals surface area contributed by atoms with Crippen LogP contribution in [0.2, 0.25) is 0 Å². The number of carbonyl (C=O) groups is 1. The molecule has 0 bridgehead atoms. The highest BCUT2D eigenvalue weighted by molar-refractivity contribution is 6.05. The molecular formula is C28H29NO2. The van der Waals surface area contributed by atoms with Gasteiger partial charge in [-0.15, -0.1) is 0 Å². The van der Waals surface area contributed by atoms with Gasteiger partial charge in [-0.3, -0.25) is 4.79 Å². The topological polar surface area (TPSA) is 40.5 Å². The van der Waals surface area contributed by atoms with Gasteiger partial charge >= 0.3 is 0 Å². The van der Waals surface area contributed by atoms with E-state index < -0.39 is 0 Å². The lowest BCUT2D eigenvalue weighted by Gasteiger charge is -2.28. The summed E-state index contributed by atoms with van der Waals surface area (Å²) in [5.74, 6) is -0.0496. The summed E-state index contributed by atoms with van der Waals surface area (Å²) >= 11 is 0. The van der Waals surface area contributed by atoms with E-state index in [4.69, 9.17) is 0 Å². The van der Waals surface area contributed by atoms with E-state index in [-0.39, 0.29) is 17.7 Å². The van der Waals surface area contributed by atoms with Crippen LogP contribution in [0.5, 0.6) is 0 Å². The fraction of sp³-hybridized carbons (Fsp3) is 0.250. The fourth-order valence-electron chi connectivity index (χ4n) is 4.14. The fourth-order valence-corrected chi connectivity index (χ4v) is 4.14. The van der Waals surface area contributed by atoms with Gasteiger partial charge in [0.05, 0.1) is 6.04 Å². The minimum absolute atomic E-state index is 0.158. The zero-order chi connectivity index (χ0) is 22.1. The average Bonchev–Trinajstić information content (AvgIpc) is 3.01. The summed E-state index contributed by atoms with van der Waals surface area (Å²) in [5, 5.41) is 10.9. The number of nitrogens with zero attached hydrogens (tertiary/aromatic N) is 1. The van der Waals surface area contributed by atoms with Crippen molar-refractivity contribution in [2.45, 2.75) is 46.2 Å². The van der Waals surface area contributed by atoms with Gasteiger partial charge in [-0.1, -0.05) is 97.8 Å². The third kappa shape index (κ3) is 4.13. The molecule has 0 aromatic heterocycles. The summed E-state index contributed by atoms with van der Waals surface area (Å²) in [5.41, 5.74) is 7.17. The van der Waals surface area contributed by atoms with Gasteiger partial charge in [-0.2, -0.15) is 0 Å². The predicted octanol–water partition coefficient (Wildman–Crippen LogP) is 6.48. The second kappa shape index (κ2) is 8.43. The van der Waals surface area contributed by atoms with Crippen LogP contribution in [0.1, 0.15) is 59.2 Å². The number of hydrogen-bond donors (Lipinski definition) is 1. The van der Waals surface area contributed by atoms with E-state index in [1.807, 2.05) is 50.2 Å². The lowest BCUT2D eigenvalue weighted by atomic mass is 9.91. The Morgan fingerprint density at radius 1 is 0.839 bits per heavy atom. The molecule has 4 rings (SSSR count). The molecule has 3 aromatic rings. The number of hydrogen-bond acceptors (Lipinski definition) is 2. The highest BCUT2D eigenvalue weighted by Gasteiger charge is 2.40. The van der Waals surface area contributed by atoms with E-state index in [0.717, 1.165) is 22.3 Å². The molecule has 3 heteroatoms. The smallest absolute Gasteiger partial charge is 0.290 e. The van der Waals surface area contributed by atoms with Crippen LogP contribution in [0, 0.1) is 13.8 Å². The number of amides is 1. The van der Waals surface area contributed by atoms with Gasteiger partial charge in [-0.05, 0) is 42.0 Å². The molecule has 0 saturated carbocycles. The molecule has 3 aromatic carbocycles. The van der Waals surface area contributed by atoms with Gasteiger partial charge in [0.2, 0.25) is 0 Å². The minimum atomic E-state index is -0.335. The van der Waals surface area contributed by atoms with Crippen molar-refractivity contribution in [3.63, 3.8) is 0 Å². The van der Waals surface area contributed by atoms with Crippen LogP contribution in [-0.2, 0) is 11.3 Å². The van der Waals surface area contributed by atoms with Crippen molar-refractivity contribution in [2.75, 3.05) is 0 Å². The monoisotopic (exact) mass is 411 g/mol. The van der Waals surface area contributed by atoms with Crippen LogP contribution in [0.3, 0.4) is 0 Å². The van der Waals surface area contributed by atoms with Gasteiger partial charge in [0.25, 0.3) is 5.91 Å². The van der Waals surface area contributed by atoms with Crippen LogP contribution in [-0.4, -0.2) is 15.9 Å². The van der Waals surface area contributed by atoms with Crippen molar-refractivity contribution in [3.05, 3.63) is 112 Å². The van der Waals surface area contributed by atoms with Crippen LogP contribution in [0.25, 0.3) is 5.57 Å². The van der Waals surface area contributed by atoms with Gasteiger partial charge in [0.1, 0.15) is 0 Å². The van der Waals surface area contributed by atoms with Crippen LogP contribution in [0.15, 0.2) is 78.6 Å². The summed E-state index contributed by atoms with van der Waals surface area (Å²) in [6, 6.07) is 24.3. The van der Waals surface area contributed by atoms with E-state index in [1.165, 1.54) is 11.1 Å². The average molecular weight is 412 g/mol. The first-order chi connectivity index (χ1) is 14.8. The van der Waals surface area contributed by atoms with Crippen molar-refractivity contribution in [3.8, 4) is 0 Å². The second-order valence-corrected chi connectivity index (χ2v) is 8.77. The largest absolute Gasteiger partial charge is 0.503 e. The summed E-state index contributed by atoms with van der Waals surface area (Å²) in [6.07, 6.45) is 0. The summed E-state index contributed by atoms with van der Waals surface area (Å²) in [4.78, 5) is 15.0. The molecule has 0 radical (unpaired) electrons. The molecule has 3 nitrogen and oxygen atoms in total. The number of rotatable bonds is 5. The third-order valence-electron chi connectivity index (χ3n) is 6.06. The number of aryl methyl sites for hydroxylation is 2. The molecule has 1 atom stereocenters. The van der Waals surface area contributed by atoms with Crippen molar-refractivity contribution in [1.29, 1.82) is 0 Å². The predicted molar refractivity (Wildman–Crippen MR) is 126 cm³/mol. The Hall–Kier alpha value is -3.33. The van der Waals surface area contributed by atoms with Gasteiger partial charge < -0.3 is 10.0 Å². The summed E-state index contributed by atoms with van der Waals surface area (Å²) in [6.45, 7) is 8.86. The zero-order valence-corrected chi connectivity index (χ0v) is 18.6. The van der Waals surface area contributed by atoms with E-state index >= 15 is 0 Å². The zero-order valence-electron chi connectivity index (χ0n) is 18.6. The Morgan fingerprint density at radius 3 is 1.94 bits per heavy atom. The van der Waals surface area contributed by atoms with Crippen molar-refractivity contribution < 1.29 is 9.90 Å². The van der Waals surface area contributed by atoms with Gasteiger partial charge in [-0.25, -0.2) is 0 Å². The Labute approximate surface area is 184 Å². The van der Waals surface area contributed by atoms with E-state index in [9.17, 15) is 9.90 Å². The highest BCUT2D eigenvalue weighted by Crippen LogP contribution is 2.44. The number of benzene rings is 3. The lowest BCUT2D eigenvalue weighted by Crippen LogP contribution is -2.29. The third-order valence-corrected chi connectivity index (χ3v) is 6.06. The second-order valence-electron chi connectivity index (χ2n) is 8.77. The SMILES string of the molecule is Cc1ccc(CN2C(=O)C(O)=C(c3ccc(C)cc3)C2c2ccc(C(C)C)cc2)cc1. The molecular weight excluding hydrogens is 382 g/mol. The molecule has 1 N–H and O–H groups in total. The highest BCUT2D eigenvalue weighted by atomic mass is 16.3. The maximum absolute atomic E-state index is 13.2. The lowest BCUT2D eigenvalue weighted by molar-refractivity contribution is -0.130. The first-order valence-corrected chi connectivity index (χ1v) is 10.8. The van der Waals surface area contributed by atoms with Crippen LogP contribution < -0.4 is 0 Å². The molecule has 0 saturated heterocycles. The molecule has 1 aliphatic heterocycles. The molecule has 158 valence electrons. The minimum Gasteiger partial charge on any atom is -0.503 e. The van der Waals surface area contributed by atoms with Crippen molar-refractivity contribution >= 4 is 11.5 Å². The normalized spacial score (nSPS) is 16.5. The molecule has 1 aliphatic rings. The number of carbonyl (C=O) groups excluding carboxylic acids is 1. The quantitative estimate of drug-likeness (QED) is 0.522. The molecule has 0 spiro atoms. The first-order valence-electron chi connectivity index (χ1n) is 10.8. The van der Waals surface area contributed by atoms with E-state index in [1.54, 1.807) is 4.90 Å². The molecule has 0 fully saturated rings. The number of aliphatic hydroxyl groups excluding tert-OH is 1. The maximum atomic E-state index is 13.2. The Balaban J connectivity index is 1.79. The maximum Gasteiger partial charge on any atom is 0.290 e. The molecule has 1 unspecified atom stereocenters. The van der Waals surface area contributed by atoms with Crippen molar-refractivity contribution in [1.82, 2.24) is 4.90 Å². The molecule has 31 heavy (non-hydrogen) atoms. The van der Waals surface area contributed by atoms with Crippen LogP contribution >= 0.6 is 0 Å². The van der Waals surface area contributed by atoms with Gasteiger partial charge in [0.15, 0.2) is 5.76 Å². The van der Waals surface area contributed by atoms with E-state index in [2.05, 4.69) is 50.2 Å². The summed E-state index contributed by atoms with van der Waals surface area (Å²) < 4.78 is 0. The number of aliphatic hydroxyl groups is 1. The van der Waals surface area contributed by atoms with Crippen molar-refractivity contribution in [2.24, 2.45) is 0 Å². The Bertz CT molecular complexity index is 1110. The van der Waals surface area contributed by atoms with Gasteiger partial charge in [0, 0.05) is 12.1 Å². The Morgan fingerprint density at radius 2 is 1.39 bits per heavy atom. The molecule has 1 amide bonds. The standard InChI is InChI=1S/C28H29NO2/c1-18(2)22-13-15-24(16-14-22)26-25(23-11-7-20(4)8-12-23)27(30)28(31)29(26)17-21-9-5-19(3)6-10-21/h5-16,18,26,30H,17H2,1-4H3. The van der Waals surface area contributed by atoms with E-state index in [0.29, 0.717) is 18.0 Å². The Kier molecular flexibility index (Phi) is 5.69. The first kappa shape index (κ1) is 20.9.